The first-order chi connectivity index (χ1) is 14.5. The van der Waals surface area contributed by atoms with E-state index in [1.54, 1.807) is 0 Å². The summed E-state index contributed by atoms with van der Waals surface area (Å²) >= 11 is 0. The molecule has 1 aliphatic rings. The highest BCUT2D eigenvalue weighted by Gasteiger charge is 2.39. The molecular formula is C23H33NO6. The predicted molar refractivity (Wildman–Crippen MR) is 112 cm³/mol. The Morgan fingerprint density at radius 3 is 2.60 bits per heavy atom. The van der Waals surface area contributed by atoms with Crippen molar-refractivity contribution in [3.63, 3.8) is 0 Å². The first kappa shape index (κ1) is 24.1. The van der Waals surface area contributed by atoms with Gasteiger partial charge in [0.2, 0.25) is 6.41 Å². The van der Waals surface area contributed by atoms with Gasteiger partial charge in [-0.25, -0.2) is 4.79 Å². The van der Waals surface area contributed by atoms with Crippen molar-refractivity contribution < 1.29 is 29.3 Å². The van der Waals surface area contributed by atoms with Crippen molar-refractivity contribution in [3.8, 4) is 0 Å². The van der Waals surface area contributed by atoms with E-state index in [0.717, 1.165) is 16.7 Å². The van der Waals surface area contributed by atoms with Crippen LogP contribution in [0.2, 0.25) is 0 Å². The summed E-state index contributed by atoms with van der Waals surface area (Å²) in [6, 6.07) is 8.63. The Hall–Kier alpha value is -2.22. The van der Waals surface area contributed by atoms with Crippen molar-refractivity contribution >= 4 is 12.4 Å². The zero-order valence-electron chi connectivity index (χ0n) is 18.0. The summed E-state index contributed by atoms with van der Waals surface area (Å²) in [7, 11) is 1.31. The average molecular weight is 420 g/mol. The SMILES string of the molecule is CCC1=C(CC(C)C(O)CO)CC(C(=O)OC)N(C=O)C1COCc1ccccc1. The molecule has 4 unspecified atom stereocenters. The molecule has 7 nitrogen and oxygen atoms in total. The van der Waals surface area contributed by atoms with Crippen LogP contribution in [0, 0.1) is 5.92 Å². The van der Waals surface area contributed by atoms with E-state index >= 15 is 0 Å². The number of aliphatic hydroxyl groups is 2. The molecule has 1 aliphatic heterocycles. The second kappa shape index (κ2) is 11.8. The van der Waals surface area contributed by atoms with Crippen LogP contribution in [-0.2, 0) is 25.7 Å². The molecule has 0 bridgehead atoms. The summed E-state index contributed by atoms with van der Waals surface area (Å²) in [5.41, 5.74) is 3.07. The fourth-order valence-corrected chi connectivity index (χ4v) is 4.04. The molecule has 0 saturated carbocycles. The Labute approximate surface area is 178 Å². The number of rotatable bonds is 11. The van der Waals surface area contributed by atoms with Gasteiger partial charge in [0, 0.05) is 0 Å². The number of esters is 1. The molecule has 1 amide bonds. The van der Waals surface area contributed by atoms with Gasteiger partial charge in [-0.05, 0) is 36.3 Å². The third kappa shape index (κ3) is 5.90. The molecule has 2 N–H and O–H groups in total. The largest absolute Gasteiger partial charge is 0.467 e. The maximum absolute atomic E-state index is 12.4. The quantitative estimate of drug-likeness (QED) is 0.324. The van der Waals surface area contributed by atoms with Crippen molar-refractivity contribution in [2.24, 2.45) is 5.92 Å². The lowest BCUT2D eigenvalue weighted by atomic mass is 9.82. The van der Waals surface area contributed by atoms with Crippen molar-refractivity contribution in [2.45, 2.75) is 57.9 Å². The topological polar surface area (TPSA) is 96.3 Å². The Morgan fingerprint density at radius 1 is 1.33 bits per heavy atom. The van der Waals surface area contributed by atoms with Gasteiger partial charge in [-0.1, -0.05) is 49.8 Å². The predicted octanol–water partition coefficient (Wildman–Crippen LogP) is 2.06. The molecule has 4 atom stereocenters. The van der Waals surface area contributed by atoms with Crippen molar-refractivity contribution in [2.75, 3.05) is 20.3 Å². The maximum Gasteiger partial charge on any atom is 0.328 e. The minimum Gasteiger partial charge on any atom is -0.467 e. The third-order valence-corrected chi connectivity index (χ3v) is 5.79. The number of carbonyl (C=O) groups excluding carboxylic acids is 2. The maximum atomic E-state index is 12.4. The van der Waals surface area contributed by atoms with Gasteiger partial charge >= 0.3 is 5.97 Å². The molecular weight excluding hydrogens is 386 g/mol. The normalized spacial score (nSPS) is 21.3. The lowest BCUT2D eigenvalue weighted by Gasteiger charge is -2.41. The van der Waals surface area contributed by atoms with Crippen LogP contribution in [0.25, 0.3) is 0 Å². The minimum atomic E-state index is -0.843. The molecule has 166 valence electrons. The Bertz CT molecular complexity index is 720. The summed E-state index contributed by atoms with van der Waals surface area (Å²) in [6.07, 6.45) is 1.42. The number of hydrogen-bond acceptors (Lipinski definition) is 6. The fraction of sp³-hybridized carbons (Fsp3) is 0.565. The van der Waals surface area contributed by atoms with Crippen LogP contribution in [0.5, 0.6) is 0 Å². The summed E-state index contributed by atoms with van der Waals surface area (Å²) in [5, 5.41) is 19.3. The zero-order valence-corrected chi connectivity index (χ0v) is 18.0. The lowest BCUT2D eigenvalue weighted by Crippen LogP contribution is -2.53. The van der Waals surface area contributed by atoms with E-state index in [-0.39, 0.29) is 25.2 Å². The molecule has 1 heterocycles. The highest BCUT2D eigenvalue weighted by Crippen LogP contribution is 2.34. The van der Waals surface area contributed by atoms with Gasteiger partial charge in [-0.2, -0.15) is 0 Å². The van der Waals surface area contributed by atoms with Crippen LogP contribution in [0.15, 0.2) is 41.5 Å². The third-order valence-electron chi connectivity index (χ3n) is 5.79. The van der Waals surface area contributed by atoms with Gasteiger partial charge in [0.15, 0.2) is 0 Å². The smallest absolute Gasteiger partial charge is 0.328 e. The van der Waals surface area contributed by atoms with Gasteiger partial charge in [0.05, 0.1) is 39.1 Å². The molecule has 0 aromatic heterocycles. The summed E-state index contributed by atoms with van der Waals surface area (Å²) in [5.74, 6) is -0.656. The highest BCUT2D eigenvalue weighted by atomic mass is 16.5. The van der Waals surface area contributed by atoms with Gasteiger partial charge < -0.3 is 24.6 Å². The van der Waals surface area contributed by atoms with Crippen LogP contribution in [-0.4, -0.2) is 66.0 Å². The number of ether oxygens (including phenoxy) is 2. The Kier molecular flexibility index (Phi) is 9.49. The monoisotopic (exact) mass is 419 g/mol. The summed E-state index contributed by atoms with van der Waals surface area (Å²) in [6.45, 7) is 4.21. The average Bonchev–Trinajstić information content (AvgIpc) is 2.78. The number of nitrogens with zero attached hydrogens (tertiary/aromatic N) is 1. The van der Waals surface area contributed by atoms with E-state index in [9.17, 15) is 19.8 Å². The van der Waals surface area contributed by atoms with E-state index in [2.05, 4.69) is 0 Å². The number of aliphatic hydroxyl groups excluding tert-OH is 2. The van der Waals surface area contributed by atoms with Crippen molar-refractivity contribution in [1.82, 2.24) is 4.90 Å². The summed E-state index contributed by atoms with van der Waals surface area (Å²) in [4.78, 5) is 25.9. The number of methoxy groups -OCH3 is 1. The van der Waals surface area contributed by atoms with E-state index < -0.39 is 18.1 Å². The van der Waals surface area contributed by atoms with Gasteiger partial charge in [0.1, 0.15) is 6.04 Å². The van der Waals surface area contributed by atoms with E-state index in [1.165, 1.54) is 12.0 Å². The number of amides is 1. The Morgan fingerprint density at radius 2 is 2.03 bits per heavy atom. The van der Waals surface area contributed by atoms with E-state index in [0.29, 0.717) is 32.3 Å². The molecule has 0 radical (unpaired) electrons. The first-order valence-corrected chi connectivity index (χ1v) is 10.4. The molecule has 7 heteroatoms. The molecule has 1 aromatic carbocycles. The standard InChI is InChI=1S/C23H33NO6/c1-4-19-18(10-16(2)22(27)12-25)11-20(23(28)29-3)24(15-26)21(19)14-30-13-17-8-6-5-7-9-17/h5-9,15-16,20-22,25,27H,4,10-14H2,1-3H3. The molecule has 0 saturated heterocycles. The second-order valence-corrected chi connectivity index (χ2v) is 7.73. The van der Waals surface area contributed by atoms with Gasteiger partial charge in [-0.3, -0.25) is 4.79 Å². The number of hydrogen-bond donors (Lipinski definition) is 2. The van der Waals surface area contributed by atoms with Crippen molar-refractivity contribution in [3.05, 3.63) is 47.0 Å². The zero-order chi connectivity index (χ0) is 22.1. The lowest BCUT2D eigenvalue weighted by molar-refractivity contribution is -0.152. The fourth-order valence-electron chi connectivity index (χ4n) is 4.04. The highest BCUT2D eigenvalue weighted by molar-refractivity contribution is 5.79. The van der Waals surface area contributed by atoms with Crippen LogP contribution in [0.1, 0.15) is 38.7 Å². The van der Waals surface area contributed by atoms with Crippen molar-refractivity contribution in [1.29, 1.82) is 0 Å². The molecule has 1 aromatic rings. The summed E-state index contributed by atoms with van der Waals surface area (Å²) < 4.78 is 10.9. The molecule has 2 rings (SSSR count). The van der Waals surface area contributed by atoms with Crippen LogP contribution >= 0.6 is 0 Å². The second-order valence-electron chi connectivity index (χ2n) is 7.73. The van der Waals surface area contributed by atoms with E-state index in [4.69, 9.17) is 9.47 Å². The first-order valence-electron chi connectivity index (χ1n) is 10.4. The van der Waals surface area contributed by atoms with Gasteiger partial charge in [0.25, 0.3) is 0 Å². The molecule has 30 heavy (non-hydrogen) atoms. The number of benzene rings is 1. The van der Waals surface area contributed by atoms with Crippen LogP contribution in [0.3, 0.4) is 0 Å². The molecule has 0 aliphatic carbocycles. The van der Waals surface area contributed by atoms with Crippen LogP contribution < -0.4 is 0 Å². The van der Waals surface area contributed by atoms with Gasteiger partial charge in [-0.15, -0.1) is 0 Å². The number of carbonyl (C=O) groups is 2. The minimum absolute atomic E-state index is 0.182. The van der Waals surface area contributed by atoms with Crippen LogP contribution in [0.4, 0.5) is 0 Å². The molecule has 0 fully saturated rings. The van der Waals surface area contributed by atoms with E-state index in [1.807, 2.05) is 44.2 Å². The molecule has 0 spiro atoms. The Balaban J connectivity index is 2.29.